The first kappa shape index (κ1) is 25.6. The summed E-state index contributed by atoms with van der Waals surface area (Å²) in [4.78, 5) is 20.7. The highest BCUT2D eigenvalue weighted by atomic mass is 16.6. The Bertz CT molecular complexity index is 278. The molecule has 11 N–H and O–H groups in total. The molecule has 0 aliphatic carbocycles. The summed E-state index contributed by atoms with van der Waals surface area (Å²) in [5.74, 6) is -1.82. The van der Waals surface area contributed by atoms with Gasteiger partial charge in [0.2, 0.25) is 0 Å². The molecular weight excluding hydrogens is 302 g/mol. The summed E-state index contributed by atoms with van der Waals surface area (Å²) in [6.45, 7) is -1.94. The third-order valence-electron chi connectivity index (χ3n) is 2.12. The fourth-order valence-electron chi connectivity index (χ4n) is 0.717. The van der Waals surface area contributed by atoms with Crippen LogP contribution in [0, 0.1) is 0 Å². The number of aliphatic hydroxyl groups excluding tert-OH is 4. The SMILES string of the molecule is CN.NC(CCC(=O)O)C(=O)OCO.NC(CO)(CO)CO. The van der Waals surface area contributed by atoms with E-state index in [4.69, 9.17) is 37.0 Å². The zero-order valence-corrected chi connectivity index (χ0v) is 12.5. The summed E-state index contributed by atoms with van der Waals surface area (Å²) in [6.07, 6.45) is -0.185. The maximum atomic E-state index is 10.7. The van der Waals surface area contributed by atoms with Crippen LogP contribution in [0.1, 0.15) is 12.8 Å². The number of rotatable bonds is 8. The first-order valence-electron chi connectivity index (χ1n) is 6.20. The molecule has 0 aliphatic rings. The first-order valence-corrected chi connectivity index (χ1v) is 6.20. The quantitative estimate of drug-likeness (QED) is 0.158. The molecule has 0 amide bonds. The second-order valence-electron chi connectivity index (χ2n) is 3.97. The van der Waals surface area contributed by atoms with Gasteiger partial charge in [-0.2, -0.15) is 0 Å². The Kier molecular flexibility index (Phi) is 18.7. The number of carbonyl (C=O) groups is 2. The lowest BCUT2D eigenvalue weighted by Crippen LogP contribution is -2.50. The minimum Gasteiger partial charge on any atom is -0.481 e. The average molecular weight is 329 g/mol. The van der Waals surface area contributed by atoms with Crippen LogP contribution in [0.15, 0.2) is 0 Å². The Morgan fingerprint density at radius 2 is 1.50 bits per heavy atom. The Labute approximate surface area is 128 Å². The number of nitrogens with two attached hydrogens (primary N) is 3. The normalized spacial score (nSPS) is 11.3. The molecule has 0 aromatic heterocycles. The van der Waals surface area contributed by atoms with Crippen LogP contribution in [0.2, 0.25) is 0 Å². The predicted octanol–water partition coefficient (Wildman–Crippen LogP) is -4.09. The van der Waals surface area contributed by atoms with Gasteiger partial charge >= 0.3 is 11.9 Å². The van der Waals surface area contributed by atoms with E-state index in [0.717, 1.165) is 0 Å². The van der Waals surface area contributed by atoms with E-state index in [-0.39, 0.29) is 12.8 Å². The number of esters is 1. The zero-order valence-electron chi connectivity index (χ0n) is 12.5. The lowest BCUT2D eigenvalue weighted by Gasteiger charge is -2.20. The molecule has 0 saturated heterocycles. The fraction of sp³-hybridized carbons (Fsp3) is 0.818. The number of aliphatic hydroxyl groups is 4. The van der Waals surface area contributed by atoms with E-state index < -0.39 is 50.1 Å². The van der Waals surface area contributed by atoms with Crippen molar-refractivity contribution in [1.82, 2.24) is 0 Å². The summed E-state index contributed by atoms with van der Waals surface area (Å²) < 4.78 is 4.13. The average Bonchev–Trinajstić information content (AvgIpc) is 2.54. The van der Waals surface area contributed by atoms with Crippen LogP contribution < -0.4 is 17.2 Å². The second-order valence-corrected chi connectivity index (χ2v) is 3.97. The highest BCUT2D eigenvalue weighted by Gasteiger charge is 2.20. The van der Waals surface area contributed by atoms with Crippen LogP contribution in [-0.4, -0.2) is 82.7 Å². The molecule has 22 heavy (non-hydrogen) atoms. The molecular formula is C11H27N3O8. The standard InChI is InChI=1S/C6H11NO5.C4H11NO3.CH5N/c7-4(1-2-5(9)10)6(11)12-3-8;5-4(1-6,2-7)3-8;1-2/h4,8H,1-3,7H2,(H,9,10);6-8H,1-3,5H2;2H2,1H3. The Morgan fingerprint density at radius 1 is 1.09 bits per heavy atom. The molecule has 0 heterocycles. The molecule has 11 heteroatoms. The molecule has 0 aromatic rings. The molecule has 0 aromatic carbocycles. The van der Waals surface area contributed by atoms with Crippen LogP contribution in [0.25, 0.3) is 0 Å². The maximum absolute atomic E-state index is 10.7. The first-order chi connectivity index (χ1) is 10.3. The Hall–Kier alpha value is -1.34. The zero-order chi connectivity index (χ0) is 18.2. The number of carboxylic acid groups (broad SMARTS) is 1. The van der Waals surface area contributed by atoms with Gasteiger partial charge in [-0.15, -0.1) is 0 Å². The van der Waals surface area contributed by atoms with Crippen molar-refractivity contribution in [1.29, 1.82) is 0 Å². The van der Waals surface area contributed by atoms with Gasteiger partial charge in [0.05, 0.1) is 25.4 Å². The van der Waals surface area contributed by atoms with Crippen molar-refractivity contribution in [3.8, 4) is 0 Å². The van der Waals surface area contributed by atoms with Gasteiger partial charge in [-0.1, -0.05) is 0 Å². The van der Waals surface area contributed by atoms with Crippen molar-refractivity contribution in [2.75, 3.05) is 33.7 Å². The minimum absolute atomic E-state index is 0.00810. The predicted molar refractivity (Wildman–Crippen MR) is 76.3 cm³/mol. The van der Waals surface area contributed by atoms with E-state index in [1.807, 2.05) is 0 Å². The molecule has 0 fully saturated rings. The molecule has 134 valence electrons. The molecule has 11 nitrogen and oxygen atoms in total. The fourth-order valence-corrected chi connectivity index (χ4v) is 0.717. The summed E-state index contributed by atoms with van der Waals surface area (Å²) in [6, 6.07) is -0.978. The third-order valence-corrected chi connectivity index (χ3v) is 2.12. The Balaban J connectivity index is -0.000000313. The molecule has 1 unspecified atom stereocenters. The van der Waals surface area contributed by atoms with Gasteiger partial charge in [-0.05, 0) is 13.5 Å². The summed E-state index contributed by atoms with van der Waals surface area (Å²) in [7, 11) is 1.50. The molecule has 0 bridgehead atoms. The highest BCUT2D eigenvalue weighted by molar-refractivity contribution is 5.76. The molecule has 0 saturated carbocycles. The molecule has 1 atom stereocenters. The largest absolute Gasteiger partial charge is 0.481 e. The van der Waals surface area contributed by atoms with E-state index in [1.54, 1.807) is 0 Å². The molecule has 0 rings (SSSR count). The van der Waals surface area contributed by atoms with Gasteiger partial charge in [-0.3, -0.25) is 9.59 Å². The Morgan fingerprint density at radius 3 is 1.73 bits per heavy atom. The van der Waals surface area contributed by atoms with Gasteiger partial charge in [0.25, 0.3) is 0 Å². The van der Waals surface area contributed by atoms with E-state index in [1.165, 1.54) is 7.05 Å². The maximum Gasteiger partial charge on any atom is 0.325 e. The van der Waals surface area contributed by atoms with Crippen LogP contribution in [0.5, 0.6) is 0 Å². The number of carboxylic acids is 1. The van der Waals surface area contributed by atoms with Gasteiger partial charge in [0.15, 0.2) is 6.79 Å². The van der Waals surface area contributed by atoms with Crippen molar-refractivity contribution < 1.29 is 39.9 Å². The lowest BCUT2D eigenvalue weighted by molar-refractivity contribution is -0.153. The van der Waals surface area contributed by atoms with Crippen molar-refractivity contribution in [3.05, 3.63) is 0 Å². The highest BCUT2D eigenvalue weighted by Crippen LogP contribution is 1.96. The summed E-state index contributed by atoms with van der Waals surface area (Å²) in [5, 5.41) is 41.4. The van der Waals surface area contributed by atoms with Crippen molar-refractivity contribution in [2.45, 2.75) is 24.4 Å². The van der Waals surface area contributed by atoms with Crippen LogP contribution in [-0.2, 0) is 14.3 Å². The number of hydrogen-bond donors (Lipinski definition) is 8. The molecule has 0 aliphatic heterocycles. The monoisotopic (exact) mass is 329 g/mol. The van der Waals surface area contributed by atoms with Crippen LogP contribution in [0.4, 0.5) is 0 Å². The van der Waals surface area contributed by atoms with Gasteiger partial charge in [0, 0.05) is 6.42 Å². The van der Waals surface area contributed by atoms with Crippen LogP contribution >= 0.6 is 0 Å². The molecule has 0 radical (unpaired) electrons. The summed E-state index contributed by atoms with van der Waals surface area (Å²) >= 11 is 0. The lowest BCUT2D eigenvalue weighted by atomic mass is 10.1. The number of ether oxygens (including phenoxy) is 1. The van der Waals surface area contributed by atoms with Gasteiger partial charge in [0.1, 0.15) is 6.04 Å². The molecule has 0 spiro atoms. The topological polar surface area (TPSA) is 223 Å². The number of carbonyl (C=O) groups excluding carboxylic acids is 1. The number of hydrogen-bond acceptors (Lipinski definition) is 10. The van der Waals surface area contributed by atoms with Gasteiger partial charge in [-0.25, -0.2) is 0 Å². The number of aliphatic carboxylic acids is 1. The third kappa shape index (κ3) is 15.1. The van der Waals surface area contributed by atoms with Crippen molar-refractivity contribution in [3.63, 3.8) is 0 Å². The summed E-state index contributed by atoms with van der Waals surface area (Å²) in [5.41, 5.74) is 13.6. The van der Waals surface area contributed by atoms with Crippen molar-refractivity contribution in [2.24, 2.45) is 17.2 Å². The smallest absolute Gasteiger partial charge is 0.325 e. The van der Waals surface area contributed by atoms with Crippen molar-refractivity contribution >= 4 is 11.9 Å². The van der Waals surface area contributed by atoms with E-state index >= 15 is 0 Å². The van der Waals surface area contributed by atoms with E-state index in [2.05, 4.69) is 10.5 Å². The van der Waals surface area contributed by atoms with E-state index in [0.29, 0.717) is 0 Å². The van der Waals surface area contributed by atoms with E-state index in [9.17, 15) is 9.59 Å². The van der Waals surface area contributed by atoms with Crippen LogP contribution in [0.3, 0.4) is 0 Å². The van der Waals surface area contributed by atoms with Gasteiger partial charge < -0.3 is 47.5 Å². The minimum atomic E-state index is -1.21. The second kappa shape index (κ2) is 16.0.